The third-order valence-corrected chi connectivity index (χ3v) is 2.65. The minimum Gasteiger partial charge on any atom is -0.454 e. The Morgan fingerprint density at radius 2 is 1.95 bits per heavy atom. The molecule has 2 N–H and O–H groups in total. The summed E-state index contributed by atoms with van der Waals surface area (Å²) in [5.41, 5.74) is 0.600. The Hall–Kier alpha value is -1.91. The largest absolute Gasteiger partial charge is 0.454 e. The van der Waals surface area contributed by atoms with Crippen molar-refractivity contribution < 1.29 is 14.3 Å². The average molecular weight is 264 g/mol. The summed E-state index contributed by atoms with van der Waals surface area (Å²) in [6.45, 7) is 7.94. The average Bonchev–Trinajstić information content (AvgIpc) is 2.73. The van der Waals surface area contributed by atoms with Gasteiger partial charge >= 0.3 is 0 Å². The van der Waals surface area contributed by atoms with Gasteiger partial charge in [0.25, 0.3) is 0 Å². The van der Waals surface area contributed by atoms with Gasteiger partial charge in [-0.05, 0) is 39.8 Å². The van der Waals surface area contributed by atoms with Crippen LogP contribution in [0, 0.1) is 0 Å². The molecule has 19 heavy (non-hydrogen) atoms. The van der Waals surface area contributed by atoms with Crippen molar-refractivity contribution in [2.75, 3.05) is 12.1 Å². The lowest BCUT2D eigenvalue weighted by atomic mass is 10.1. The molecule has 0 saturated heterocycles. The van der Waals surface area contributed by atoms with Crippen molar-refractivity contribution in [3.8, 4) is 11.5 Å². The van der Waals surface area contributed by atoms with E-state index in [2.05, 4.69) is 10.6 Å². The molecule has 1 amide bonds. The smallest absolute Gasteiger partial charge is 0.242 e. The van der Waals surface area contributed by atoms with E-state index in [9.17, 15) is 4.79 Å². The molecule has 1 aliphatic rings. The molecule has 0 aromatic heterocycles. The van der Waals surface area contributed by atoms with Crippen LogP contribution in [0.4, 0.5) is 5.69 Å². The Kier molecular flexibility index (Phi) is 3.55. The van der Waals surface area contributed by atoms with E-state index in [4.69, 9.17) is 9.47 Å². The van der Waals surface area contributed by atoms with Gasteiger partial charge in [-0.25, -0.2) is 0 Å². The van der Waals surface area contributed by atoms with Crippen molar-refractivity contribution in [3.05, 3.63) is 18.2 Å². The lowest BCUT2D eigenvalue weighted by Crippen LogP contribution is -2.47. The molecule has 104 valence electrons. The second-order valence-corrected chi connectivity index (χ2v) is 5.67. The van der Waals surface area contributed by atoms with Crippen molar-refractivity contribution in [2.24, 2.45) is 0 Å². The maximum Gasteiger partial charge on any atom is 0.242 e. The first kappa shape index (κ1) is 13.5. The molecule has 0 fully saturated rings. The molecule has 0 bridgehead atoms. The van der Waals surface area contributed by atoms with Crippen LogP contribution >= 0.6 is 0 Å². The van der Waals surface area contributed by atoms with Gasteiger partial charge in [0.15, 0.2) is 11.5 Å². The highest BCUT2D eigenvalue weighted by Gasteiger charge is 2.20. The van der Waals surface area contributed by atoms with Crippen LogP contribution in [0.1, 0.15) is 27.7 Å². The molecule has 2 rings (SSSR count). The summed E-state index contributed by atoms with van der Waals surface area (Å²) < 4.78 is 10.5. The number of hydrogen-bond acceptors (Lipinski definition) is 4. The molecule has 1 unspecified atom stereocenters. The number of rotatable bonds is 3. The zero-order valence-corrected chi connectivity index (χ0v) is 11.7. The fraction of sp³-hybridized carbons (Fsp3) is 0.500. The van der Waals surface area contributed by atoms with Crippen LogP contribution in [0.3, 0.4) is 0 Å². The molecule has 0 radical (unpaired) electrons. The van der Waals surface area contributed by atoms with Crippen LogP contribution in [0.5, 0.6) is 11.5 Å². The first-order valence-electron chi connectivity index (χ1n) is 6.33. The lowest BCUT2D eigenvalue weighted by Gasteiger charge is -2.24. The molecular formula is C14H20N2O3. The number of fused-ring (bicyclic) bond motifs is 1. The number of hydrogen-bond donors (Lipinski definition) is 2. The quantitative estimate of drug-likeness (QED) is 0.878. The highest BCUT2D eigenvalue weighted by atomic mass is 16.7. The van der Waals surface area contributed by atoms with E-state index in [0.717, 1.165) is 11.4 Å². The van der Waals surface area contributed by atoms with E-state index in [1.807, 2.05) is 45.9 Å². The van der Waals surface area contributed by atoms with Crippen LogP contribution in [0.15, 0.2) is 18.2 Å². The van der Waals surface area contributed by atoms with Gasteiger partial charge in [-0.1, -0.05) is 0 Å². The molecule has 1 heterocycles. The Bertz CT molecular complexity index is 480. The summed E-state index contributed by atoms with van der Waals surface area (Å²) in [6.07, 6.45) is 0. The summed E-state index contributed by atoms with van der Waals surface area (Å²) >= 11 is 0. The van der Waals surface area contributed by atoms with Crippen molar-refractivity contribution in [3.63, 3.8) is 0 Å². The van der Waals surface area contributed by atoms with Gasteiger partial charge in [0.05, 0.1) is 0 Å². The van der Waals surface area contributed by atoms with E-state index in [0.29, 0.717) is 5.75 Å². The lowest BCUT2D eigenvalue weighted by molar-refractivity contribution is -0.122. The van der Waals surface area contributed by atoms with Crippen LogP contribution in [0.25, 0.3) is 0 Å². The summed E-state index contributed by atoms with van der Waals surface area (Å²) in [4.78, 5) is 12.0. The topological polar surface area (TPSA) is 59.6 Å². The van der Waals surface area contributed by atoms with Crippen molar-refractivity contribution in [1.29, 1.82) is 0 Å². The summed E-state index contributed by atoms with van der Waals surface area (Å²) in [5.74, 6) is 1.40. The van der Waals surface area contributed by atoms with E-state index < -0.39 is 0 Å². The van der Waals surface area contributed by atoms with Gasteiger partial charge in [0.2, 0.25) is 12.7 Å². The minimum atomic E-state index is -0.320. The number of anilines is 1. The predicted molar refractivity (Wildman–Crippen MR) is 73.5 cm³/mol. The molecule has 5 heteroatoms. The van der Waals surface area contributed by atoms with Crippen molar-refractivity contribution >= 4 is 11.6 Å². The van der Waals surface area contributed by atoms with Gasteiger partial charge in [0, 0.05) is 17.3 Å². The third-order valence-electron chi connectivity index (χ3n) is 2.65. The number of benzene rings is 1. The van der Waals surface area contributed by atoms with Gasteiger partial charge in [-0.15, -0.1) is 0 Å². The fourth-order valence-electron chi connectivity index (χ4n) is 1.78. The Labute approximate surface area is 113 Å². The first-order chi connectivity index (χ1) is 8.85. The van der Waals surface area contributed by atoms with Crippen LogP contribution in [0.2, 0.25) is 0 Å². The maximum atomic E-state index is 12.0. The molecule has 0 saturated carbocycles. The number of carbonyl (C=O) groups is 1. The summed E-state index contributed by atoms with van der Waals surface area (Å²) in [7, 11) is 0. The number of amides is 1. The van der Waals surface area contributed by atoms with E-state index in [-0.39, 0.29) is 24.3 Å². The van der Waals surface area contributed by atoms with Gasteiger partial charge in [-0.2, -0.15) is 0 Å². The number of nitrogens with one attached hydrogen (secondary N) is 2. The number of carbonyl (C=O) groups excluding carboxylic acids is 1. The summed E-state index contributed by atoms with van der Waals surface area (Å²) in [6, 6.07) is 5.22. The third kappa shape index (κ3) is 3.53. The summed E-state index contributed by atoms with van der Waals surface area (Å²) in [5, 5.41) is 6.08. The predicted octanol–water partition coefficient (Wildman–Crippen LogP) is 2.13. The minimum absolute atomic E-state index is 0.0369. The molecule has 1 aromatic rings. The van der Waals surface area contributed by atoms with Gasteiger partial charge < -0.3 is 20.1 Å². The van der Waals surface area contributed by atoms with Crippen molar-refractivity contribution in [2.45, 2.75) is 39.3 Å². The zero-order valence-electron chi connectivity index (χ0n) is 11.7. The fourth-order valence-corrected chi connectivity index (χ4v) is 1.78. The Balaban J connectivity index is 1.99. The molecule has 5 nitrogen and oxygen atoms in total. The second kappa shape index (κ2) is 4.99. The zero-order chi connectivity index (χ0) is 14.0. The van der Waals surface area contributed by atoms with Crippen molar-refractivity contribution in [1.82, 2.24) is 5.32 Å². The molecule has 1 atom stereocenters. The molecule has 0 spiro atoms. The van der Waals surface area contributed by atoms with Crippen LogP contribution < -0.4 is 20.1 Å². The molecule has 1 aromatic carbocycles. The molecular weight excluding hydrogens is 244 g/mol. The van der Waals surface area contributed by atoms with Gasteiger partial charge in [0.1, 0.15) is 6.04 Å². The molecule has 0 aliphatic carbocycles. The Morgan fingerprint density at radius 1 is 1.26 bits per heavy atom. The maximum absolute atomic E-state index is 12.0. The highest BCUT2D eigenvalue weighted by Crippen LogP contribution is 2.34. The van der Waals surface area contributed by atoms with E-state index in [1.54, 1.807) is 0 Å². The number of ether oxygens (including phenoxy) is 2. The highest BCUT2D eigenvalue weighted by molar-refractivity contribution is 5.84. The van der Waals surface area contributed by atoms with Crippen LogP contribution in [-0.4, -0.2) is 24.3 Å². The van der Waals surface area contributed by atoms with Crippen LogP contribution in [-0.2, 0) is 4.79 Å². The normalized spacial score (nSPS) is 14.9. The van der Waals surface area contributed by atoms with E-state index >= 15 is 0 Å². The SMILES string of the molecule is CC(Nc1ccc2c(c1)OCO2)C(=O)NC(C)(C)C. The van der Waals surface area contributed by atoms with Gasteiger partial charge in [-0.3, -0.25) is 4.79 Å². The monoisotopic (exact) mass is 264 g/mol. The standard InChI is InChI=1S/C14H20N2O3/c1-9(13(17)16-14(2,3)4)15-10-5-6-11-12(7-10)19-8-18-11/h5-7,9,15H,8H2,1-4H3,(H,16,17). The van der Waals surface area contributed by atoms with E-state index in [1.165, 1.54) is 0 Å². The molecule has 1 aliphatic heterocycles. The second-order valence-electron chi connectivity index (χ2n) is 5.67. The Morgan fingerprint density at radius 3 is 2.63 bits per heavy atom. The first-order valence-corrected chi connectivity index (χ1v) is 6.33.